The Kier molecular flexibility index (Phi) is 6.75. The zero-order valence-electron chi connectivity index (χ0n) is 12.6. The van der Waals surface area contributed by atoms with Crippen molar-refractivity contribution >= 4 is 28.1 Å². The molecule has 0 heterocycles. The van der Waals surface area contributed by atoms with E-state index >= 15 is 0 Å². The SMILES string of the molecule is COc1ccc(S(=O)(=O)NC2CCC(N)CC2)cc1[N+](=O)[O-].Cl. The molecule has 8 nitrogen and oxygen atoms in total. The first-order valence-electron chi connectivity index (χ1n) is 6.94. The van der Waals surface area contributed by atoms with E-state index in [1.165, 1.54) is 19.2 Å². The number of hydrogen-bond acceptors (Lipinski definition) is 6. The van der Waals surface area contributed by atoms with Crippen molar-refractivity contribution in [2.75, 3.05) is 7.11 Å². The predicted molar refractivity (Wildman–Crippen MR) is 87.4 cm³/mol. The van der Waals surface area contributed by atoms with Crippen LogP contribution >= 0.6 is 12.4 Å². The van der Waals surface area contributed by atoms with E-state index in [1.807, 2.05) is 0 Å². The summed E-state index contributed by atoms with van der Waals surface area (Å²) in [6.07, 6.45) is 2.85. The fourth-order valence-electron chi connectivity index (χ4n) is 2.50. The van der Waals surface area contributed by atoms with Crippen molar-refractivity contribution in [1.82, 2.24) is 4.72 Å². The molecule has 1 aliphatic rings. The number of nitrogens with one attached hydrogen (secondary N) is 1. The van der Waals surface area contributed by atoms with Crippen molar-refractivity contribution in [2.45, 2.75) is 42.7 Å². The lowest BCUT2D eigenvalue weighted by atomic mass is 9.93. The maximum atomic E-state index is 12.4. The van der Waals surface area contributed by atoms with E-state index in [2.05, 4.69) is 4.72 Å². The summed E-state index contributed by atoms with van der Waals surface area (Å²) in [5, 5.41) is 11.0. The van der Waals surface area contributed by atoms with E-state index in [9.17, 15) is 18.5 Å². The van der Waals surface area contributed by atoms with E-state index in [0.29, 0.717) is 12.8 Å². The summed E-state index contributed by atoms with van der Waals surface area (Å²) >= 11 is 0. The average molecular weight is 366 g/mol. The first kappa shape index (κ1) is 19.6. The first-order valence-corrected chi connectivity index (χ1v) is 8.42. The van der Waals surface area contributed by atoms with E-state index in [4.69, 9.17) is 10.5 Å². The van der Waals surface area contributed by atoms with Crippen molar-refractivity contribution in [3.05, 3.63) is 28.3 Å². The molecule has 3 N–H and O–H groups in total. The van der Waals surface area contributed by atoms with Gasteiger partial charge in [0.15, 0.2) is 5.75 Å². The topological polar surface area (TPSA) is 125 Å². The first-order chi connectivity index (χ1) is 10.3. The fourth-order valence-corrected chi connectivity index (χ4v) is 3.83. The van der Waals surface area contributed by atoms with E-state index in [-0.39, 0.29) is 40.8 Å². The van der Waals surface area contributed by atoms with Gasteiger partial charge in [-0.15, -0.1) is 12.4 Å². The molecule has 0 radical (unpaired) electrons. The number of rotatable bonds is 5. The summed E-state index contributed by atoms with van der Waals surface area (Å²) in [6, 6.07) is 3.51. The number of nitrogens with zero attached hydrogens (tertiary/aromatic N) is 1. The highest BCUT2D eigenvalue weighted by molar-refractivity contribution is 7.89. The molecule has 1 aromatic carbocycles. The van der Waals surface area contributed by atoms with Crippen molar-refractivity contribution in [2.24, 2.45) is 5.73 Å². The molecule has 10 heteroatoms. The number of methoxy groups -OCH3 is 1. The lowest BCUT2D eigenvalue weighted by Gasteiger charge is -2.26. The van der Waals surface area contributed by atoms with Crippen molar-refractivity contribution < 1.29 is 18.1 Å². The highest BCUT2D eigenvalue weighted by Gasteiger charge is 2.26. The molecule has 1 aromatic rings. The summed E-state index contributed by atoms with van der Waals surface area (Å²) in [5.41, 5.74) is 5.41. The molecule has 0 aromatic heterocycles. The second kappa shape index (κ2) is 7.91. The molecule has 1 saturated carbocycles. The third-order valence-corrected chi connectivity index (χ3v) is 5.27. The molecule has 1 aliphatic carbocycles. The van der Waals surface area contributed by atoms with Gasteiger partial charge in [0.2, 0.25) is 10.0 Å². The maximum absolute atomic E-state index is 12.4. The number of nitro groups is 1. The lowest BCUT2D eigenvalue weighted by molar-refractivity contribution is -0.386. The Labute approximate surface area is 141 Å². The molecule has 0 saturated heterocycles. The molecule has 2 rings (SSSR count). The molecular formula is C13H20ClN3O5S. The Balaban J connectivity index is 0.00000264. The number of sulfonamides is 1. The zero-order chi connectivity index (χ0) is 16.3. The van der Waals surface area contributed by atoms with Crippen LogP contribution < -0.4 is 15.2 Å². The minimum atomic E-state index is -3.81. The average Bonchev–Trinajstić information content (AvgIpc) is 2.48. The van der Waals surface area contributed by atoms with Crippen LogP contribution in [0.15, 0.2) is 23.1 Å². The summed E-state index contributed by atoms with van der Waals surface area (Å²) in [6.45, 7) is 0. The summed E-state index contributed by atoms with van der Waals surface area (Å²) < 4.78 is 32.2. The Morgan fingerprint density at radius 1 is 1.30 bits per heavy atom. The van der Waals surface area contributed by atoms with Crippen LogP contribution in [0.3, 0.4) is 0 Å². The van der Waals surface area contributed by atoms with E-state index in [1.54, 1.807) is 0 Å². The van der Waals surface area contributed by atoms with Crippen LogP contribution in [0.25, 0.3) is 0 Å². The number of ether oxygens (including phenoxy) is 1. The van der Waals surface area contributed by atoms with Gasteiger partial charge in [-0.2, -0.15) is 0 Å². The van der Waals surface area contributed by atoms with Gasteiger partial charge < -0.3 is 10.5 Å². The molecule has 0 bridgehead atoms. The van der Waals surface area contributed by atoms with Gasteiger partial charge in [-0.3, -0.25) is 10.1 Å². The Hall–Kier alpha value is -1.42. The Morgan fingerprint density at radius 2 is 1.91 bits per heavy atom. The van der Waals surface area contributed by atoms with Crippen molar-refractivity contribution in [1.29, 1.82) is 0 Å². The molecule has 0 aliphatic heterocycles. The quantitative estimate of drug-likeness (QED) is 0.602. The zero-order valence-corrected chi connectivity index (χ0v) is 14.2. The van der Waals surface area contributed by atoms with Gasteiger partial charge in [0.05, 0.1) is 16.9 Å². The normalized spacial score (nSPS) is 21.3. The number of benzene rings is 1. The summed E-state index contributed by atoms with van der Waals surface area (Å²) in [4.78, 5) is 10.2. The Morgan fingerprint density at radius 3 is 2.43 bits per heavy atom. The maximum Gasteiger partial charge on any atom is 0.312 e. The largest absolute Gasteiger partial charge is 0.490 e. The van der Waals surface area contributed by atoms with Gasteiger partial charge in [-0.25, -0.2) is 13.1 Å². The second-order valence-electron chi connectivity index (χ2n) is 5.32. The van der Waals surface area contributed by atoms with Crippen LogP contribution in [-0.2, 0) is 10.0 Å². The van der Waals surface area contributed by atoms with Gasteiger partial charge in [0, 0.05) is 18.2 Å². The number of halogens is 1. The minimum Gasteiger partial charge on any atom is -0.490 e. The number of nitrogens with two attached hydrogens (primary N) is 1. The monoisotopic (exact) mass is 365 g/mol. The van der Waals surface area contributed by atoms with E-state index in [0.717, 1.165) is 18.9 Å². The van der Waals surface area contributed by atoms with Gasteiger partial charge in [-0.05, 0) is 37.8 Å². The predicted octanol–water partition coefficient (Wildman–Crippen LogP) is 1.57. The van der Waals surface area contributed by atoms with Crippen molar-refractivity contribution in [3.8, 4) is 5.75 Å². The molecule has 0 atom stereocenters. The minimum absolute atomic E-state index is 0. The van der Waals surface area contributed by atoms with E-state index < -0.39 is 14.9 Å². The third kappa shape index (κ3) is 4.77. The van der Waals surface area contributed by atoms with Crippen LogP contribution in [0, 0.1) is 10.1 Å². The molecule has 0 unspecified atom stereocenters. The molecular weight excluding hydrogens is 346 g/mol. The van der Waals surface area contributed by atoms with Gasteiger partial charge in [-0.1, -0.05) is 0 Å². The van der Waals surface area contributed by atoms with Crippen LogP contribution in [0.5, 0.6) is 5.75 Å². The van der Waals surface area contributed by atoms with Crippen LogP contribution in [0.4, 0.5) is 5.69 Å². The molecule has 130 valence electrons. The van der Waals surface area contributed by atoms with Gasteiger partial charge >= 0.3 is 5.69 Å². The molecule has 0 spiro atoms. The number of hydrogen-bond donors (Lipinski definition) is 2. The molecule has 1 fully saturated rings. The second-order valence-corrected chi connectivity index (χ2v) is 7.04. The molecule has 23 heavy (non-hydrogen) atoms. The smallest absolute Gasteiger partial charge is 0.312 e. The summed E-state index contributed by atoms with van der Waals surface area (Å²) in [7, 11) is -2.52. The molecule has 0 amide bonds. The highest BCUT2D eigenvalue weighted by atomic mass is 35.5. The lowest BCUT2D eigenvalue weighted by Crippen LogP contribution is -2.40. The van der Waals surface area contributed by atoms with Crippen molar-refractivity contribution in [3.63, 3.8) is 0 Å². The van der Waals surface area contributed by atoms with Crippen LogP contribution in [0.1, 0.15) is 25.7 Å². The Bertz CT molecular complexity index is 660. The third-order valence-electron chi connectivity index (χ3n) is 3.75. The van der Waals surface area contributed by atoms with Crippen LogP contribution in [0.2, 0.25) is 0 Å². The van der Waals surface area contributed by atoms with Gasteiger partial charge in [0.25, 0.3) is 0 Å². The van der Waals surface area contributed by atoms with Crippen LogP contribution in [-0.4, -0.2) is 32.5 Å². The fraction of sp³-hybridized carbons (Fsp3) is 0.538. The number of nitro benzene ring substituents is 1. The highest BCUT2D eigenvalue weighted by Crippen LogP contribution is 2.29. The summed E-state index contributed by atoms with van der Waals surface area (Å²) in [5.74, 6) is 0.0209. The standard InChI is InChI=1S/C13H19N3O5S.ClH/c1-21-13-7-6-11(8-12(13)16(17)18)22(19,20)15-10-4-2-9(14)3-5-10;/h6-10,15H,2-5,14H2,1H3;1H. The van der Waals surface area contributed by atoms with Gasteiger partial charge in [0.1, 0.15) is 0 Å².